The van der Waals surface area contributed by atoms with E-state index in [1.54, 1.807) is 42.1 Å². The van der Waals surface area contributed by atoms with Crippen LogP contribution in [0.15, 0.2) is 42.5 Å². The number of hydrogen-bond acceptors (Lipinski definition) is 5. The van der Waals surface area contributed by atoms with Crippen LogP contribution in [0, 0.1) is 6.92 Å². The Morgan fingerprint density at radius 3 is 2.61 bits per heavy atom. The van der Waals surface area contributed by atoms with E-state index in [0.29, 0.717) is 33.7 Å². The molecule has 0 unspecified atom stereocenters. The largest absolute Gasteiger partial charge is 0.497 e. The summed E-state index contributed by atoms with van der Waals surface area (Å²) in [4.78, 5) is 25.5. The maximum atomic E-state index is 13.1. The van der Waals surface area contributed by atoms with Crippen LogP contribution in [0.25, 0.3) is 11.3 Å². The number of amides is 2. The lowest BCUT2D eigenvalue weighted by Gasteiger charge is -2.24. The second-order valence-corrected chi connectivity index (χ2v) is 7.53. The van der Waals surface area contributed by atoms with E-state index < -0.39 is 6.04 Å². The molecule has 0 spiro atoms. The number of nitrogens with zero attached hydrogens (tertiary/aromatic N) is 2. The van der Waals surface area contributed by atoms with E-state index in [1.807, 2.05) is 19.1 Å². The fraction of sp³-hybridized carbons (Fsp3) is 0.227. The highest BCUT2D eigenvalue weighted by Crippen LogP contribution is 2.36. The molecule has 0 saturated carbocycles. The van der Waals surface area contributed by atoms with E-state index in [4.69, 9.17) is 21.1 Å². The number of methoxy groups -OCH3 is 2. The first kappa shape index (κ1) is 20.7. The number of carbonyl (C=O) groups is 2. The van der Waals surface area contributed by atoms with Gasteiger partial charge in [-0.05, 0) is 31.2 Å². The molecule has 4 rings (SSSR count). The average Bonchev–Trinajstić information content (AvgIpc) is 3.10. The molecular weight excluding hydrogens is 420 g/mol. The Bertz CT molecular complexity index is 1160. The Labute approximate surface area is 184 Å². The van der Waals surface area contributed by atoms with E-state index in [-0.39, 0.29) is 18.2 Å². The molecule has 8 nitrogen and oxygen atoms in total. The minimum atomic E-state index is -0.810. The number of ether oxygens (including phenoxy) is 2. The lowest BCUT2D eigenvalue weighted by Crippen LogP contribution is -2.36. The fourth-order valence-corrected chi connectivity index (χ4v) is 3.67. The molecule has 2 heterocycles. The number of benzene rings is 2. The third-order valence-corrected chi connectivity index (χ3v) is 5.42. The standard InChI is InChI=1S/C22H21ClN4O4/c1-12-20(13-4-6-14(23)7-5-13)26-27-17(11-19(28)25-21(12)27)22(29)24-16-9-8-15(30-2)10-18(16)31-3/h4-10,17H,11H2,1-3H3,(H,24,29)(H,25,28)/t17-/m0/s1. The Morgan fingerprint density at radius 1 is 1.19 bits per heavy atom. The number of anilines is 2. The molecule has 1 aromatic heterocycles. The zero-order valence-electron chi connectivity index (χ0n) is 17.2. The summed E-state index contributed by atoms with van der Waals surface area (Å²) in [5, 5.41) is 10.9. The third-order valence-electron chi connectivity index (χ3n) is 5.17. The van der Waals surface area contributed by atoms with Crippen molar-refractivity contribution in [1.29, 1.82) is 0 Å². The third kappa shape index (κ3) is 3.94. The summed E-state index contributed by atoms with van der Waals surface area (Å²) in [5.41, 5.74) is 2.76. The smallest absolute Gasteiger partial charge is 0.249 e. The Hall–Kier alpha value is -3.52. The molecule has 0 saturated heterocycles. The lowest BCUT2D eigenvalue weighted by molar-refractivity contribution is -0.125. The molecule has 2 N–H and O–H groups in total. The van der Waals surface area contributed by atoms with Gasteiger partial charge in [-0.3, -0.25) is 9.59 Å². The van der Waals surface area contributed by atoms with E-state index in [9.17, 15) is 9.59 Å². The summed E-state index contributed by atoms with van der Waals surface area (Å²) < 4.78 is 12.1. The van der Waals surface area contributed by atoms with Crippen LogP contribution in [-0.4, -0.2) is 35.8 Å². The maximum absolute atomic E-state index is 13.1. The zero-order chi connectivity index (χ0) is 22.1. The Kier molecular flexibility index (Phi) is 5.56. The highest BCUT2D eigenvalue weighted by Gasteiger charge is 2.34. The minimum absolute atomic E-state index is 0.0293. The topological polar surface area (TPSA) is 94.5 Å². The quantitative estimate of drug-likeness (QED) is 0.624. The first-order chi connectivity index (χ1) is 14.9. The van der Waals surface area contributed by atoms with Crippen molar-refractivity contribution in [2.24, 2.45) is 0 Å². The van der Waals surface area contributed by atoms with Crippen molar-refractivity contribution in [3.05, 3.63) is 53.1 Å². The normalized spacial score (nSPS) is 15.1. The number of fused-ring (bicyclic) bond motifs is 1. The van der Waals surface area contributed by atoms with Crippen molar-refractivity contribution in [3.63, 3.8) is 0 Å². The van der Waals surface area contributed by atoms with Gasteiger partial charge >= 0.3 is 0 Å². The highest BCUT2D eigenvalue weighted by molar-refractivity contribution is 6.30. The van der Waals surface area contributed by atoms with Crippen LogP contribution in [-0.2, 0) is 9.59 Å². The molecule has 1 aliphatic heterocycles. The van der Waals surface area contributed by atoms with Crippen molar-refractivity contribution in [3.8, 4) is 22.8 Å². The van der Waals surface area contributed by atoms with Crippen molar-refractivity contribution < 1.29 is 19.1 Å². The lowest BCUT2D eigenvalue weighted by atomic mass is 10.1. The van der Waals surface area contributed by atoms with Crippen LogP contribution < -0.4 is 20.1 Å². The molecular formula is C22H21ClN4O4. The average molecular weight is 441 g/mol. The zero-order valence-corrected chi connectivity index (χ0v) is 18.0. The van der Waals surface area contributed by atoms with Gasteiger partial charge in [0.2, 0.25) is 11.8 Å². The number of carbonyl (C=O) groups excluding carboxylic acids is 2. The van der Waals surface area contributed by atoms with Crippen LogP contribution in [0.5, 0.6) is 11.5 Å². The van der Waals surface area contributed by atoms with Crippen LogP contribution in [0.1, 0.15) is 18.0 Å². The molecule has 2 aromatic carbocycles. The van der Waals surface area contributed by atoms with Crippen LogP contribution in [0.4, 0.5) is 11.5 Å². The van der Waals surface area contributed by atoms with Crippen molar-refractivity contribution in [2.75, 3.05) is 24.9 Å². The van der Waals surface area contributed by atoms with E-state index in [2.05, 4.69) is 15.7 Å². The Balaban J connectivity index is 1.68. The first-order valence-corrected chi connectivity index (χ1v) is 9.97. The first-order valence-electron chi connectivity index (χ1n) is 9.59. The second kappa shape index (κ2) is 8.31. The fourth-order valence-electron chi connectivity index (χ4n) is 3.54. The van der Waals surface area contributed by atoms with Gasteiger partial charge < -0.3 is 20.1 Å². The summed E-state index contributed by atoms with van der Waals surface area (Å²) in [6, 6.07) is 11.5. The number of nitrogens with one attached hydrogen (secondary N) is 2. The van der Waals surface area contributed by atoms with Gasteiger partial charge in [-0.1, -0.05) is 23.7 Å². The van der Waals surface area contributed by atoms with Gasteiger partial charge in [0, 0.05) is 22.2 Å². The summed E-state index contributed by atoms with van der Waals surface area (Å²) >= 11 is 5.99. The summed E-state index contributed by atoms with van der Waals surface area (Å²) in [7, 11) is 3.05. The van der Waals surface area contributed by atoms with Gasteiger partial charge in [0.25, 0.3) is 0 Å². The summed E-state index contributed by atoms with van der Waals surface area (Å²) in [6.07, 6.45) is -0.0293. The number of aromatic nitrogens is 2. The van der Waals surface area contributed by atoms with E-state index in [1.165, 1.54) is 7.11 Å². The van der Waals surface area contributed by atoms with Gasteiger partial charge in [0.05, 0.1) is 32.0 Å². The molecule has 3 aromatic rings. The SMILES string of the molecule is COc1ccc(NC(=O)[C@@H]2CC(=O)Nc3c(C)c(-c4ccc(Cl)cc4)nn32)c(OC)c1. The molecule has 1 atom stereocenters. The van der Waals surface area contributed by atoms with Crippen molar-refractivity contribution in [2.45, 2.75) is 19.4 Å². The van der Waals surface area contributed by atoms with E-state index >= 15 is 0 Å². The van der Waals surface area contributed by atoms with Gasteiger partial charge in [0.15, 0.2) is 0 Å². The second-order valence-electron chi connectivity index (χ2n) is 7.10. The number of halogens is 1. The molecule has 0 radical (unpaired) electrons. The monoisotopic (exact) mass is 440 g/mol. The molecule has 31 heavy (non-hydrogen) atoms. The van der Waals surface area contributed by atoms with Gasteiger partial charge in [0.1, 0.15) is 23.4 Å². The molecule has 1 aliphatic rings. The molecule has 2 amide bonds. The summed E-state index contributed by atoms with van der Waals surface area (Å²) in [5.74, 6) is 0.934. The van der Waals surface area contributed by atoms with Gasteiger partial charge in [-0.25, -0.2) is 4.68 Å². The van der Waals surface area contributed by atoms with Gasteiger partial charge in [-0.2, -0.15) is 5.10 Å². The maximum Gasteiger partial charge on any atom is 0.249 e. The molecule has 9 heteroatoms. The van der Waals surface area contributed by atoms with Crippen molar-refractivity contribution >= 4 is 34.9 Å². The predicted molar refractivity (Wildman–Crippen MR) is 118 cm³/mol. The summed E-state index contributed by atoms with van der Waals surface area (Å²) in [6.45, 7) is 1.86. The number of rotatable bonds is 5. The van der Waals surface area contributed by atoms with E-state index in [0.717, 1.165) is 11.1 Å². The number of hydrogen-bond donors (Lipinski definition) is 2. The van der Waals surface area contributed by atoms with Crippen molar-refractivity contribution in [1.82, 2.24) is 9.78 Å². The van der Waals surface area contributed by atoms with Crippen LogP contribution >= 0.6 is 11.6 Å². The molecule has 0 fully saturated rings. The van der Waals surface area contributed by atoms with Crippen LogP contribution in [0.2, 0.25) is 5.02 Å². The van der Waals surface area contributed by atoms with Crippen LogP contribution in [0.3, 0.4) is 0 Å². The van der Waals surface area contributed by atoms with Gasteiger partial charge in [-0.15, -0.1) is 0 Å². The Morgan fingerprint density at radius 2 is 1.94 bits per heavy atom. The molecule has 0 bridgehead atoms. The molecule has 160 valence electrons. The highest BCUT2D eigenvalue weighted by atomic mass is 35.5. The molecule has 0 aliphatic carbocycles. The minimum Gasteiger partial charge on any atom is -0.497 e. The predicted octanol–water partition coefficient (Wildman–Crippen LogP) is 4.05.